The standard InChI is InChI=1S/C16H26N2O3/c1-11(18-15(19)10-17-16(2,3)4)13-9-12(20-5)7-8-14(13)21-6/h7-9,11,17H,10H2,1-6H3,(H,18,19). The van der Waals surface area contributed by atoms with E-state index in [-0.39, 0.29) is 24.0 Å². The maximum Gasteiger partial charge on any atom is 0.234 e. The van der Waals surface area contributed by atoms with Crippen LogP contribution in [-0.2, 0) is 4.79 Å². The molecule has 118 valence electrons. The van der Waals surface area contributed by atoms with Gasteiger partial charge in [0.15, 0.2) is 0 Å². The average Bonchev–Trinajstić information content (AvgIpc) is 2.43. The van der Waals surface area contributed by atoms with E-state index in [4.69, 9.17) is 9.47 Å². The van der Waals surface area contributed by atoms with Gasteiger partial charge in [-0.25, -0.2) is 0 Å². The summed E-state index contributed by atoms with van der Waals surface area (Å²) in [6.45, 7) is 8.27. The number of ether oxygens (including phenoxy) is 2. The van der Waals surface area contributed by atoms with E-state index in [1.807, 2.05) is 45.9 Å². The average molecular weight is 294 g/mol. The van der Waals surface area contributed by atoms with Gasteiger partial charge in [-0.05, 0) is 45.9 Å². The first-order chi connectivity index (χ1) is 9.76. The number of rotatable bonds is 6. The lowest BCUT2D eigenvalue weighted by atomic mass is 10.1. The molecule has 0 heterocycles. The van der Waals surface area contributed by atoms with Crippen molar-refractivity contribution < 1.29 is 14.3 Å². The summed E-state index contributed by atoms with van der Waals surface area (Å²) in [5.41, 5.74) is 0.801. The topological polar surface area (TPSA) is 59.6 Å². The van der Waals surface area contributed by atoms with Crippen molar-refractivity contribution in [2.24, 2.45) is 0 Å². The molecule has 0 saturated carbocycles. The summed E-state index contributed by atoms with van der Waals surface area (Å²) < 4.78 is 10.6. The Morgan fingerprint density at radius 1 is 1.24 bits per heavy atom. The summed E-state index contributed by atoms with van der Waals surface area (Å²) in [5.74, 6) is 1.41. The molecule has 0 bridgehead atoms. The van der Waals surface area contributed by atoms with Gasteiger partial charge in [-0.1, -0.05) is 0 Å². The van der Waals surface area contributed by atoms with Crippen molar-refractivity contribution >= 4 is 5.91 Å². The van der Waals surface area contributed by atoms with Gasteiger partial charge in [0, 0.05) is 11.1 Å². The van der Waals surface area contributed by atoms with Gasteiger partial charge in [-0.3, -0.25) is 4.79 Å². The maximum absolute atomic E-state index is 12.0. The van der Waals surface area contributed by atoms with E-state index in [0.29, 0.717) is 0 Å². The van der Waals surface area contributed by atoms with Gasteiger partial charge in [0.25, 0.3) is 0 Å². The monoisotopic (exact) mass is 294 g/mol. The zero-order valence-electron chi connectivity index (χ0n) is 13.7. The molecule has 0 spiro atoms. The summed E-state index contributed by atoms with van der Waals surface area (Å²) in [7, 11) is 3.23. The van der Waals surface area contributed by atoms with Crippen molar-refractivity contribution in [1.29, 1.82) is 0 Å². The van der Waals surface area contributed by atoms with Crippen molar-refractivity contribution in [3.8, 4) is 11.5 Å². The molecule has 0 radical (unpaired) electrons. The molecule has 0 aliphatic rings. The van der Waals surface area contributed by atoms with Gasteiger partial charge in [-0.2, -0.15) is 0 Å². The first kappa shape index (κ1) is 17.3. The predicted octanol–water partition coefficient (Wildman–Crippen LogP) is 2.27. The fourth-order valence-electron chi connectivity index (χ4n) is 1.89. The summed E-state index contributed by atoms with van der Waals surface area (Å²) in [5, 5.41) is 6.12. The highest BCUT2D eigenvalue weighted by atomic mass is 16.5. The molecule has 0 fully saturated rings. The summed E-state index contributed by atoms with van der Waals surface area (Å²) in [6, 6.07) is 5.38. The number of amides is 1. The lowest BCUT2D eigenvalue weighted by molar-refractivity contribution is -0.121. The van der Waals surface area contributed by atoms with Crippen LogP contribution in [0.1, 0.15) is 39.3 Å². The quantitative estimate of drug-likeness (QED) is 0.845. The minimum absolute atomic E-state index is 0.0534. The van der Waals surface area contributed by atoms with E-state index in [1.54, 1.807) is 14.2 Å². The molecule has 0 saturated heterocycles. The van der Waals surface area contributed by atoms with Crippen LogP contribution in [0, 0.1) is 0 Å². The molecule has 1 aromatic rings. The highest BCUT2D eigenvalue weighted by molar-refractivity contribution is 5.78. The second kappa shape index (κ2) is 7.31. The lowest BCUT2D eigenvalue weighted by Gasteiger charge is -2.22. The molecule has 5 heteroatoms. The molecule has 0 aromatic heterocycles. The van der Waals surface area contributed by atoms with Crippen molar-refractivity contribution in [1.82, 2.24) is 10.6 Å². The maximum atomic E-state index is 12.0. The molecule has 0 aliphatic heterocycles. The highest BCUT2D eigenvalue weighted by Gasteiger charge is 2.16. The van der Waals surface area contributed by atoms with E-state index in [0.717, 1.165) is 17.1 Å². The largest absolute Gasteiger partial charge is 0.497 e. The molecule has 5 nitrogen and oxygen atoms in total. The van der Waals surface area contributed by atoms with Gasteiger partial charge in [-0.15, -0.1) is 0 Å². The van der Waals surface area contributed by atoms with E-state index in [2.05, 4.69) is 10.6 Å². The summed E-state index contributed by atoms with van der Waals surface area (Å²) in [4.78, 5) is 12.0. The molecule has 1 aromatic carbocycles. The Morgan fingerprint density at radius 2 is 1.90 bits per heavy atom. The van der Waals surface area contributed by atoms with Gasteiger partial charge < -0.3 is 20.1 Å². The Morgan fingerprint density at radius 3 is 2.43 bits per heavy atom. The fourth-order valence-corrected chi connectivity index (χ4v) is 1.89. The van der Waals surface area contributed by atoms with Crippen LogP contribution in [0.25, 0.3) is 0 Å². The first-order valence-electron chi connectivity index (χ1n) is 7.03. The molecule has 2 N–H and O–H groups in total. The van der Waals surface area contributed by atoms with Gasteiger partial charge in [0.05, 0.1) is 26.8 Å². The van der Waals surface area contributed by atoms with Crippen molar-refractivity contribution in [2.75, 3.05) is 20.8 Å². The number of hydrogen-bond donors (Lipinski definition) is 2. The Hall–Kier alpha value is -1.75. The van der Waals surface area contributed by atoms with E-state index in [9.17, 15) is 4.79 Å². The number of hydrogen-bond acceptors (Lipinski definition) is 4. The van der Waals surface area contributed by atoms with Crippen molar-refractivity contribution in [3.63, 3.8) is 0 Å². The first-order valence-corrected chi connectivity index (χ1v) is 7.03. The Kier molecular flexibility index (Phi) is 6.03. The number of benzene rings is 1. The molecule has 1 atom stereocenters. The third-order valence-corrected chi connectivity index (χ3v) is 3.06. The van der Waals surface area contributed by atoms with Crippen LogP contribution in [0.5, 0.6) is 11.5 Å². The minimum atomic E-state index is -0.163. The van der Waals surface area contributed by atoms with Crippen LogP contribution in [-0.4, -0.2) is 32.2 Å². The summed E-state index contributed by atoms with van der Waals surface area (Å²) >= 11 is 0. The number of nitrogens with one attached hydrogen (secondary N) is 2. The zero-order chi connectivity index (χ0) is 16.0. The fraction of sp³-hybridized carbons (Fsp3) is 0.562. The number of carbonyl (C=O) groups excluding carboxylic acids is 1. The van der Waals surface area contributed by atoms with Gasteiger partial charge in [0.2, 0.25) is 5.91 Å². The third-order valence-electron chi connectivity index (χ3n) is 3.06. The van der Waals surface area contributed by atoms with Crippen molar-refractivity contribution in [2.45, 2.75) is 39.3 Å². The lowest BCUT2D eigenvalue weighted by Crippen LogP contribution is -2.43. The van der Waals surface area contributed by atoms with Crippen LogP contribution in [0.15, 0.2) is 18.2 Å². The molecular weight excluding hydrogens is 268 g/mol. The molecule has 1 rings (SSSR count). The van der Waals surface area contributed by atoms with Crippen LogP contribution in [0.2, 0.25) is 0 Å². The zero-order valence-corrected chi connectivity index (χ0v) is 13.7. The third kappa shape index (κ3) is 5.63. The molecule has 1 amide bonds. The van der Waals surface area contributed by atoms with E-state index >= 15 is 0 Å². The summed E-state index contributed by atoms with van der Waals surface area (Å²) in [6.07, 6.45) is 0. The molecule has 0 aliphatic carbocycles. The smallest absolute Gasteiger partial charge is 0.234 e. The number of methoxy groups -OCH3 is 2. The highest BCUT2D eigenvalue weighted by Crippen LogP contribution is 2.29. The van der Waals surface area contributed by atoms with Gasteiger partial charge in [0.1, 0.15) is 11.5 Å². The molecule has 1 unspecified atom stereocenters. The Labute approximate surface area is 127 Å². The Balaban J connectivity index is 2.74. The second-order valence-corrected chi connectivity index (χ2v) is 6.00. The SMILES string of the molecule is COc1ccc(OC)c(C(C)NC(=O)CNC(C)(C)C)c1. The van der Waals surface area contributed by atoms with Crippen LogP contribution < -0.4 is 20.1 Å². The van der Waals surface area contributed by atoms with Crippen LogP contribution in [0.4, 0.5) is 0 Å². The number of carbonyl (C=O) groups is 1. The predicted molar refractivity (Wildman–Crippen MR) is 83.9 cm³/mol. The van der Waals surface area contributed by atoms with Crippen LogP contribution in [0.3, 0.4) is 0 Å². The van der Waals surface area contributed by atoms with E-state index < -0.39 is 0 Å². The normalized spacial score (nSPS) is 12.7. The molecular formula is C16H26N2O3. The minimum Gasteiger partial charge on any atom is -0.497 e. The van der Waals surface area contributed by atoms with E-state index in [1.165, 1.54) is 0 Å². The van der Waals surface area contributed by atoms with Crippen LogP contribution >= 0.6 is 0 Å². The van der Waals surface area contributed by atoms with Crippen molar-refractivity contribution in [3.05, 3.63) is 23.8 Å². The van der Waals surface area contributed by atoms with Gasteiger partial charge >= 0.3 is 0 Å². The Bertz CT molecular complexity index is 481. The second-order valence-electron chi connectivity index (χ2n) is 6.00. The molecule has 21 heavy (non-hydrogen) atoms.